The summed E-state index contributed by atoms with van der Waals surface area (Å²) >= 11 is 1.20. The molecule has 0 bridgehead atoms. The minimum atomic E-state index is -3.04. The lowest BCUT2D eigenvalue weighted by atomic mass is 10.1. The number of aryl methyl sites for hydroxylation is 2. The number of sulfone groups is 1. The highest BCUT2D eigenvalue weighted by Crippen LogP contribution is 2.29. The molecule has 7 nitrogen and oxygen atoms in total. The Morgan fingerprint density at radius 1 is 1.32 bits per heavy atom. The zero-order valence-corrected chi connectivity index (χ0v) is 18.1. The van der Waals surface area contributed by atoms with Crippen molar-refractivity contribution in [1.29, 1.82) is 0 Å². The third-order valence-corrected chi connectivity index (χ3v) is 7.73. The topological polar surface area (TPSA) is 93.4 Å². The SMILES string of the molecule is CCN(C(=O)[C@@H](C)Sc1nnc(-c2ccc(C)c(C)c2)o1)[C@@H]1CCS(=O)(=O)C1. The van der Waals surface area contributed by atoms with Crippen LogP contribution in [0.2, 0.25) is 0 Å². The van der Waals surface area contributed by atoms with Crippen molar-refractivity contribution in [2.24, 2.45) is 0 Å². The van der Waals surface area contributed by atoms with E-state index in [1.54, 1.807) is 11.8 Å². The second kappa shape index (κ2) is 8.24. The van der Waals surface area contributed by atoms with Gasteiger partial charge in [0.25, 0.3) is 5.22 Å². The molecule has 1 amide bonds. The summed E-state index contributed by atoms with van der Waals surface area (Å²) in [6, 6.07) is 5.67. The molecule has 2 atom stereocenters. The second-order valence-corrected chi connectivity index (χ2v) is 10.6. The van der Waals surface area contributed by atoms with Crippen molar-refractivity contribution >= 4 is 27.5 Å². The van der Waals surface area contributed by atoms with Crippen LogP contribution in [-0.4, -0.2) is 58.8 Å². The summed E-state index contributed by atoms with van der Waals surface area (Å²) in [7, 11) is -3.04. The summed E-state index contributed by atoms with van der Waals surface area (Å²) in [6.45, 7) is 8.18. The molecular weight excluding hydrogens is 398 g/mol. The highest BCUT2D eigenvalue weighted by atomic mass is 32.2. The summed E-state index contributed by atoms with van der Waals surface area (Å²) in [4.78, 5) is 14.5. The van der Waals surface area contributed by atoms with Gasteiger partial charge in [-0.05, 0) is 57.4 Å². The van der Waals surface area contributed by atoms with Gasteiger partial charge in [-0.25, -0.2) is 8.42 Å². The molecule has 0 radical (unpaired) electrons. The molecule has 0 saturated carbocycles. The van der Waals surface area contributed by atoms with Crippen molar-refractivity contribution in [1.82, 2.24) is 15.1 Å². The quantitative estimate of drug-likeness (QED) is 0.660. The molecule has 3 rings (SSSR count). The Hall–Kier alpha value is -1.87. The van der Waals surface area contributed by atoms with Crippen molar-refractivity contribution < 1.29 is 17.6 Å². The molecule has 1 aromatic carbocycles. The van der Waals surface area contributed by atoms with E-state index >= 15 is 0 Å². The van der Waals surface area contributed by atoms with Gasteiger partial charge in [-0.15, -0.1) is 10.2 Å². The van der Waals surface area contributed by atoms with E-state index in [0.717, 1.165) is 11.1 Å². The molecule has 2 aromatic rings. The van der Waals surface area contributed by atoms with Gasteiger partial charge in [0.1, 0.15) is 0 Å². The molecule has 152 valence electrons. The zero-order chi connectivity index (χ0) is 20.5. The zero-order valence-electron chi connectivity index (χ0n) is 16.5. The maximum absolute atomic E-state index is 12.9. The fourth-order valence-corrected chi connectivity index (χ4v) is 5.78. The summed E-state index contributed by atoms with van der Waals surface area (Å²) in [6.07, 6.45) is 0.497. The fourth-order valence-electron chi connectivity index (χ4n) is 3.30. The van der Waals surface area contributed by atoms with Gasteiger partial charge in [-0.3, -0.25) is 4.79 Å². The number of rotatable bonds is 6. The van der Waals surface area contributed by atoms with Crippen LogP contribution in [0, 0.1) is 13.8 Å². The monoisotopic (exact) mass is 423 g/mol. The van der Waals surface area contributed by atoms with Crippen LogP contribution in [0.25, 0.3) is 11.5 Å². The van der Waals surface area contributed by atoms with Crippen LogP contribution in [0.5, 0.6) is 0 Å². The molecule has 1 aliphatic heterocycles. The lowest BCUT2D eigenvalue weighted by Gasteiger charge is -2.28. The van der Waals surface area contributed by atoms with E-state index in [2.05, 4.69) is 10.2 Å². The van der Waals surface area contributed by atoms with Crippen LogP contribution in [0.1, 0.15) is 31.4 Å². The van der Waals surface area contributed by atoms with E-state index in [0.29, 0.717) is 24.1 Å². The number of aromatic nitrogens is 2. The molecule has 0 aliphatic carbocycles. The summed E-state index contributed by atoms with van der Waals surface area (Å²) in [5, 5.41) is 8.02. The van der Waals surface area contributed by atoms with Crippen molar-refractivity contribution in [3.05, 3.63) is 29.3 Å². The van der Waals surface area contributed by atoms with Crippen LogP contribution in [0.3, 0.4) is 0 Å². The molecule has 0 spiro atoms. The molecule has 9 heteroatoms. The number of thioether (sulfide) groups is 1. The average molecular weight is 424 g/mol. The van der Waals surface area contributed by atoms with E-state index in [1.807, 2.05) is 39.0 Å². The first-order valence-electron chi connectivity index (χ1n) is 9.29. The smallest absolute Gasteiger partial charge is 0.277 e. The first-order chi connectivity index (χ1) is 13.2. The van der Waals surface area contributed by atoms with E-state index in [-0.39, 0.29) is 23.5 Å². The van der Waals surface area contributed by atoms with E-state index in [4.69, 9.17) is 4.42 Å². The molecular formula is C19H25N3O4S2. The Morgan fingerprint density at radius 3 is 2.68 bits per heavy atom. The minimum Gasteiger partial charge on any atom is -0.411 e. The van der Waals surface area contributed by atoms with Gasteiger partial charge in [0, 0.05) is 18.2 Å². The fraction of sp³-hybridized carbons (Fsp3) is 0.526. The molecule has 0 N–H and O–H groups in total. The standard InChI is InChI=1S/C19H25N3O4S2/c1-5-22(16-8-9-28(24,25)11-16)18(23)14(4)27-19-21-20-17(26-19)15-7-6-12(2)13(3)10-15/h6-7,10,14,16H,5,8-9,11H2,1-4H3/t14-,16-/m1/s1. The van der Waals surface area contributed by atoms with Crippen LogP contribution >= 0.6 is 11.8 Å². The molecule has 28 heavy (non-hydrogen) atoms. The summed E-state index contributed by atoms with van der Waals surface area (Å²) in [5.74, 6) is 0.493. The molecule has 1 aromatic heterocycles. The number of carbonyl (C=O) groups excluding carboxylic acids is 1. The molecule has 1 aliphatic rings. The largest absolute Gasteiger partial charge is 0.411 e. The molecule has 1 saturated heterocycles. The Bertz CT molecular complexity index is 971. The van der Waals surface area contributed by atoms with Crippen LogP contribution in [-0.2, 0) is 14.6 Å². The van der Waals surface area contributed by atoms with Gasteiger partial charge in [0.15, 0.2) is 9.84 Å². The van der Waals surface area contributed by atoms with Crippen molar-refractivity contribution in [2.75, 3.05) is 18.1 Å². The number of hydrogen-bond donors (Lipinski definition) is 0. The maximum atomic E-state index is 12.9. The van der Waals surface area contributed by atoms with E-state index in [1.165, 1.54) is 17.3 Å². The van der Waals surface area contributed by atoms with Gasteiger partial charge in [-0.1, -0.05) is 17.8 Å². The second-order valence-electron chi connectivity index (χ2n) is 7.11. The number of benzene rings is 1. The number of carbonyl (C=O) groups is 1. The van der Waals surface area contributed by atoms with Gasteiger partial charge >= 0.3 is 0 Å². The summed E-state index contributed by atoms with van der Waals surface area (Å²) in [5.41, 5.74) is 3.16. The third kappa shape index (κ3) is 4.57. The van der Waals surface area contributed by atoms with Gasteiger partial charge in [0.05, 0.1) is 16.8 Å². The highest BCUT2D eigenvalue weighted by molar-refractivity contribution is 8.00. The Balaban J connectivity index is 1.68. The molecule has 1 fully saturated rings. The van der Waals surface area contributed by atoms with Crippen LogP contribution < -0.4 is 0 Å². The van der Waals surface area contributed by atoms with Gasteiger partial charge in [-0.2, -0.15) is 0 Å². The van der Waals surface area contributed by atoms with E-state index < -0.39 is 15.1 Å². The Kier molecular flexibility index (Phi) is 6.14. The first-order valence-corrected chi connectivity index (χ1v) is 12.0. The lowest BCUT2D eigenvalue weighted by Crippen LogP contribution is -2.44. The summed E-state index contributed by atoms with van der Waals surface area (Å²) < 4.78 is 29.2. The first kappa shape index (κ1) is 20.9. The normalized spacial score (nSPS) is 19.5. The van der Waals surface area contributed by atoms with Crippen molar-refractivity contribution in [3.8, 4) is 11.5 Å². The van der Waals surface area contributed by atoms with Crippen molar-refractivity contribution in [3.63, 3.8) is 0 Å². The Labute approximate surface area is 169 Å². The highest BCUT2D eigenvalue weighted by Gasteiger charge is 2.35. The van der Waals surface area contributed by atoms with E-state index in [9.17, 15) is 13.2 Å². The van der Waals surface area contributed by atoms with Gasteiger partial charge in [0.2, 0.25) is 11.8 Å². The lowest BCUT2D eigenvalue weighted by molar-refractivity contribution is -0.131. The number of nitrogens with zero attached hydrogens (tertiary/aromatic N) is 3. The van der Waals surface area contributed by atoms with Crippen molar-refractivity contribution in [2.45, 2.75) is 50.6 Å². The minimum absolute atomic E-state index is 0.0431. The molecule has 2 heterocycles. The predicted molar refractivity (Wildman–Crippen MR) is 109 cm³/mol. The Morgan fingerprint density at radius 2 is 2.07 bits per heavy atom. The van der Waals surface area contributed by atoms with Crippen LogP contribution in [0.15, 0.2) is 27.8 Å². The third-order valence-electron chi connectivity index (χ3n) is 5.06. The maximum Gasteiger partial charge on any atom is 0.277 e. The van der Waals surface area contributed by atoms with Crippen LogP contribution in [0.4, 0.5) is 0 Å². The number of amides is 1. The predicted octanol–water partition coefficient (Wildman–Crippen LogP) is 2.87. The number of hydrogen-bond acceptors (Lipinski definition) is 7. The molecule has 0 unspecified atom stereocenters. The average Bonchev–Trinajstić information content (AvgIpc) is 3.24. The van der Waals surface area contributed by atoms with Gasteiger partial charge < -0.3 is 9.32 Å².